The fourth-order valence-electron chi connectivity index (χ4n) is 1.86. The van der Waals surface area contributed by atoms with E-state index in [1.54, 1.807) is 14.2 Å². The predicted octanol–water partition coefficient (Wildman–Crippen LogP) is 3.16. The highest BCUT2D eigenvalue weighted by Crippen LogP contribution is 2.27. The molecule has 0 radical (unpaired) electrons. The molecule has 0 fully saturated rings. The summed E-state index contributed by atoms with van der Waals surface area (Å²) in [5.41, 5.74) is 1.15. The van der Waals surface area contributed by atoms with Gasteiger partial charge in [0.25, 0.3) is 0 Å². The first-order chi connectivity index (χ1) is 9.24. The number of benzene rings is 1. The summed E-state index contributed by atoms with van der Waals surface area (Å²) in [6.07, 6.45) is 1.88. The predicted molar refractivity (Wildman–Crippen MR) is 78.6 cm³/mol. The number of hydrogen-bond donors (Lipinski definition) is 1. The van der Waals surface area contributed by atoms with Crippen LogP contribution in [0.25, 0.3) is 0 Å². The summed E-state index contributed by atoms with van der Waals surface area (Å²) in [5, 5.41) is 3.51. The zero-order chi connectivity index (χ0) is 14.1. The lowest BCUT2D eigenvalue weighted by atomic mass is 10.0. The van der Waals surface area contributed by atoms with Gasteiger partial charge in [0, 0.05) is 18.5 Å². The van der Waals surface area contributed by atoms with Crippen molar-refractivity contribution < 1.29 is 9.47 Å². The highest BCUT2D eigenvalue weighted by atomic mass is 16.5. The van der Waals surface area contributed by atoms with Crippen LogP contribution in [-0.4, -0.2) is 20.8 Å². The van der Waals surface area contributed by atoms with Gasteiger partial charge in [-0.2, -0.15) is 0 Å². The van der Waals surface area contributed by atoms with Crippen molar-refractivity contribution in [2.75, 3.05) is 20.8 Å². The molecule has 0 amide bonds. The molecule has 0 heterocycles. The molecule has 104 valence electrons. The SMILES string of the molecule is CC#CCC(NCCC)c1cc(OC)cc(OC)c1. The molecule has 1 aromatic carbocycles. The van der Waals surface area contributed by atoms with Gasteiger partial charge in [0.1, 0.15) is 11.5 Å². The van der Waals surface area contributed by atoms with Gasteiger partial charge in [-0.15, -0.1) is 11.8 Å². The zero-order valence-electron chi connectivity index (χ0n) is 12.2. The Balaban J connectivity index is 3.00. The van der Waals surface area contributed by atoms with Gasteiger partial charge in [0.05, 0.1) is 14.2 Å². The molecular weight excluding hydrogens is 238 g/mol. The second-order valence-electron chi connectivity index (χ2n) is 4.28. The van der Waals surface area contributed by atoms with Gasteiger partial charge < -0.3 is 14.8 Å². The summed E-state index contributed by atoms with van der Waals surface area (Å²) >= 11 is 0. The Hall–Kier alpha value is -1.66. The van der Waals surface area contributed by atoms with E-state index in [4.69, 9.17) is 9.47 Å². The largest absolute Gasteiger partial charge is 0.497 e. The molecule has 1 N–H and O–H groups in total. The summed E-state index contributed by atoms with van der Waals surface area (Å²) in [6, 6.07) is 6.16. The summed E-state index contributed by atoms with van der Waals surface area (Å²) < 4.78 is 10.6. The minimum Gasteiger partial charge on any atom is -0.497 e. The molecule has 0 aliphatic carbocycles. The second-order valence-corrected chi connectivity index (χ2v) is 4.28. The van der Waals surface area contributed by atoms with Gasteiger partial charge in [-0.1, -0.05) is 6.92 Å². The topological polar surface area (TPSA) is 30.5 Å². The quantitative estimate of drug-likeness (QED) is 0.765. The number of ether oxygens (including phenoxy) is 2. The normalized spacial score (nSPS) is 11.4. The Morgan fingerprint density at radius 1 is 1.16 bits per heavy atom. The molecule has 0 saturated carbocycles. The van der Waals surface area contributed by atoms with Crippen molar-refractivity contribution in [2.24, 2.45) is 0 Å². The third-order valence-electron chi connectivity index (χ3n) is 2.90. The molecule has 1 aromatic rings. The smallest absolute Gasteiger partial charge is 0.122 e. The van der Waals surface area contributed by atoms with Gasteiger partial charge in [-0.3, -0.25) is 0 Å². The molecule has 1 rings (SSSR count). The highest BCUT2D eigenvalue weighted by Gasteiger charge is 2.12. The van der Waals surface area contributed by atoms with E-state index in [-0.39, 0.29) is 6.04 Å². The minimum absolute atomic E-state index is 0.205. The van der Waals surface area contributed by atoms with Crippen LogP contribution in [0, 0.1) is 11.8 Å². The molecule has 0 aliphatic heterocycles. The summed E-state index contributed by atoms with van der Waals surface area (Å²) in [5.74, 6) is 7.70. The number of rotatable bonds is 7. The molecule has 3 heteroatoms. The van der Waals surface area contributed by atoms with Crippen LogP contribution in [-0.2, 0) is 0 Å². The van der Waals surface area contributed by atoms with Crippen LogP contribution in [0.4, 0.5) is 0 Å². The van der Waals surface area contributed by atoms with E-state index in [2.05, 4.69) is 24.1 Å². The fraction of sp³-hybridized carbons (Fsp3) is 0.500. The Morgan fingerprint density at radius 2 is 1.79 bits per heavy atom. The first-order valence-corrected chi connectivity index (χ1v) is 6.61. The fourth-order valence-corrected chi connectivity index (χ4v) is 1.86. The van der Waals surface area contributed by atoms with Crippen molar-refractivity contribution in [1.29, 1.82) is 0 Å². The lowest BCUT2D eigenvalue weighted by Gasteiger charge is -2.18. The lowest BCUT2D eigenvalue weighted by Crippen LogP contribution is -2.21. The van der Waals surface area contributed by atoms with Crippen LogP contribution >= 0.6 is 0 Å². The summed E-state index contributed by atoms with van der Waals surface area (Å²) in [4.78, 5) is 0. The van der Waals surface area contributed by atoms with Crippen molar-refractivity contribution in [2.45, 2.75) is 32.7 Å². The monoisotopic (exact) mass is 261 g/mol. The van der Waals surface area contributed by atoms with Gasteiger partial charge in [0.2, 0.25) is 0 Å². The first kappa shape index (κ1) is 15.4. The van der Waals surface area contributed by atoms with E-state index in [0.717, 1.165) is 36.4 Å². The van der Waals surface area contributed by atoms with E-state index < -0.39 is 0 Å². The average molecular weight is 261 g/mol. The van der Waals surface area contributed by atoms with Crippen LogP contribution in [0.3, 0.4) is 0 Å². The van der Waals surface area contributed by atoms with Crippen molar-refractivity contribution in [3.05, 3.63) is 23.8 Å². The Morgan fingerprint density at radius 3 is 2.26 bits per heavy atom. The third-order valence-corrected chi connectivity index (χ3v) is 2.90. The number of hydrogen-bond acceptors (Lipinski definition) is 3. The van der Waals surface area contributed by atoms with Crippen molar-refractivity contribution >= 4 is 0 Å². The molecule has 0 aromatic heterocycles. The maximum absolute atomic E-state index is 5.31. The van der Waals surface area contributed by atoms with Crippen molar-refractivity contribution in [3.63, 3.8) is 0 Å². The Kier molecular flexibility index (Phi) is 6.84. The highest BCUT2D eigenvalue weighted by molar-refractivity contribution is 5.40. The summed E-state index contributed by atoms with van der Waals surface area (Å²) in [6.45, 7) is 4.99. The van der Waals surface area contributed by atoms with E-state index in [0.29, 0.717) is 0 Å². The lowest BCUT2D eigenvalue weighted by molar-refractivity contribution is 0.391. The zero-order valence-corrected chi connectivity index (χ0v) is 12.2. The van der Waals surface area contributed by atoms with Gasteiger partial charge in [0.15, 0.2) is 0 Å². The first-order valence-electron chi connectivity index (χ1n) is 6.61. The van der Waals surface area contributed by atoms with Gasteiger partial charge >= 0.3 is 0 Å². The number of methoxy groups -OCH3 is 2. The van der Waals surface area contributed by atoms with E-state index in [9.17, 15) is 0 Å². The maximum Gasteiger partial charge on any atom is 0.122 e. The molecule has 1 unspecified atom stereocenters. The molecule has 0 aliphatic rings. The van der Waals surface area contributed by atoms with E-state index >= 15 is 0 Å². The molecule has 0 saturated heterocycles. The third kappa shape index (κ3) is 4.84. The minimum atomic E-state index is 0.205. The molecule has 19 heavy (non-hydrogen) atoms. The molecule has 1 atom stereocenters. The maximum atomic E-state index is 5.31. The van der Waals surface area contributed by atoms with Crippen LogP contribution in [0.5, 0.6) is 11.5 Å². The Labute approximate surface area is 116 Å². The van der Waals surface area contributed by atoms with Crippen LogP contribution in [0.2, 0.25) is 0 Å². The second kappa shape index (κ2) is 8.44. The van der Waals surface area contributed by atoms with E-state index in [1.807, 2.05) is 25.1 Å². The number of nitrogens with one attached hydrogen (secondary N) is 1. The van der Waals surface area contributed by atoms with Crippen LogP contribution in [0.15, 0.2) is 18.2 Å². The molecule has 0 spiro atoms. The summed E-state index contributed by atoms with van der Waals surface area (Å²) in [7, 11) is 3.33. The van der Waals surface area contributed by atoms with Crippen LogP contribution in [0.1, 0.15) is 38.3 Å². The van der Waals surface area contributed by atoms with Crippen LogP contribution < -0.4 is 14.8 Å². The average Bonchev–Trinajstić information content (AvgIpc) is 2.46. The standard InChI is InChI=1S/C16H23NO2/c1-5-7-8-16(17-9-6-2)13-10-14(18-3)12-15(11-13)19-4/h10-12,16-17H,6,8-9H2,1-4H3. The van der Waals surface area contributed by atoms with Crippen molar-refractivity contribution in [1.82, 2.24) is 5.32 Å². The Bertz CT molecular complexity index is 424. The molecule has 0 bridgehead atoms. The molecule has 3 nitrogen and oxygen atoms in total. The van der Waals surface area contributed by atoms with Crippen molar-refractivity contribution in [3.8, 4) is 23.3 Å². The van der Waals surface area contributed by atoms with Gasteiger partial charge in [-0.25, -0.2) is 0 Å². The van der Waals surface area contributed by atoms with E-state index in [1.165, 1.54) is 0 Å². The van der Waals surface area contributed by atoms with Gasteiger partial charge in [-0.05, 0) is 37.6 Å². The molecular formula is C16H23NO2.